The Morgan fingerprint density at radius 1 is 1.08 bits per heavy atom. The van der Waals surface area contributed by atoms with Gasteiger partial charge in [0, 0.05) is 17.2 Å². The van der Waals surface area contributed by atoms with E-state index >= 15 is 0 Å². The molecule has 3 aromatic rings. The second-order valence-corrected chi connectivity index (χ2v) is 11.1. The maximum absolute atomic E-state index is 13.6. The number of esters is 1. The lowest BCUT2D eigenvalue weighted by Gasteiger charge is -2.53. The van der Waals surface area contributed by atoms with Gasteiger partial charge >= 0.3 is 5.97 Å². The first-order valence-electron chi connectivity index (χ1n) is 11.7. The monoisotopic (exact) mass is 518 g/mol. The van der Waals surface area contributed by atoms with Gasteiger partial charge < -0.3 is 15.0 Å². The molecule has 1 N–H and O–H groups in total. The number of carbonyl (C=O) groups excluding carboxylic acids is 3. The Morgan fingerprint density at radius 3 is 2.33 bits per heavy atom. The molecule has 2 saturated heterocycles. The van der Waals surface area contributed by atoms with Crippen LogP contribution in [0.2, 0.25) is 0 Å². The highest BCUT2D eigenvalue weighted by molar-refractivity contribution is 8.00. The second-order valence-electron chi connectivity index (χ2n) is 8.94. The molecule has 8 heteroatoms. The normalized spacial score (nSPS) is 22.9. The number of fused-ring (bicyclic) bond motifs is 1. The van der Waals surface area contributed by atoms with Crippen molar-refractivity contribution >= 4 is 40.9 Å². The molecule has 0 spiro atoms. The van der Waals surface area contributed by atoms with E-state index in [2.05, 4.69) is 11.9 Å². The number of carbonyl (C=O) groups is 3. The summed E-state index contributed by atoms with van der Waals surface area (Å²) in [6, 6.07) is 22.4. The van der Waals surface area contributed by atoms with E-state index in [-0.39, 0.29) is 30.2 Å². The zero-order chi connectivity index (χ0) is 25.1. The van der Waals surface area contributed by atoms with Gasteiger partial charge in [0.25, 0.3) is 0 Å². The number of nitrogens with one attached hydrogen (secondary N) is 1. The molecule has 2 aliphatic heterocycles. The predicted molar refractivity (Wildman–Crippen MR) is 141 cm³/mol. The summed E-state index contributed by atoms with van der Waals surface area (Å²) < 4.78 is 6.12. The van der Waals surface area contributed by atoms with Crippen LogP contribution in [0.5, 0.6) is 0 Å². The van der Waals surface area contributed by atoms with Crippen LogP contribution in [0.15, 0.2) is 90.8 Å². The molecule has 3 atom stereocenters. The maximum Gasteiger partial charge on any atom is 0.319 e. The van der Waals surface area contributed by atoms with Crippen LogP contribution in [0.3, 0.4) is 0 Å². The van der Waals surface area contributed by atoms with Gasteiger partial charge in [0.1, 0.15) is 16.8 Å². The summed E-state index contributed by atoms with van der Waals surface area (Å²) in [5.74, 6) is -0.366. The van der Waals surface area contributed by atoms with Crippen LogP contribution in [0.1, 0.15) is 22.1 Å². The van der Waals surface area contributed by atoms with Crippen LogP contribution in [0, 0.1) is 5.41 Å². The molecule has 36 heavy (non-hydrogen) atoms. The Kier molecular flexibility index (Phi) is 6.98. The molecule has 1 aromatic heterocycles. The van der Waals surface area contributed by atoms with E-state index in [1.807, 2.05) is 78.2 Å². The molecule has 0 bridgehead atoms. The maximum atomic E-state index is 13.6. The van der Waals surface area contributed by atoms with Gasteiger partial charge in [0.2, 0.25) is 11.8 Å². The van der Waals surface area contributed by atoms with Crippen LogP contribution in [-0.4, -0.2) is 46.4 Å². The molecule has 3 heterocycles. The number of amides is 2. The quantitative estimate of drug-likeness (QED) is 0.275. The fourth-order valence-electron chi connectivity index (χ4n) is 4.53. The Bertz CT molecular complexity index is 1210. The van der Waals surface area contributed by atoms with Crippen molar-refractivity contribution in [1.29, 1.82) is 0 Å². The SMILES string of the molecule is C=CC1(C(=O)OC(c2ccccc2)c2ccccc2)CS[C@@H]2C(NC(=O)Cc3cccs3)C(=O)N2C1. The minimum Gasteiger partial charge on any atom is -0.452 e. The summed E-state index contributed by atoms with van der Waals surface area (Å²) in [6.45, 7) is 4.11. The molecule has 5 rings (SSSR count). The van der Waals surface area contributed by atoms with Gasteiger partial charge in [-0.3, -0.25) is 14.4 Å². The molecule has 0 aliphatic carbocycles. The van der Waals surface area contributed by atoms with E-state index in [0.29, 0.717) is 5.75 Å². The van der Waals surface area contributed by atoms with Crippen molar-refractivity contribution in [1.82, 2.24) is 10.2 Å². The lowest BCUT2D eigenvalue weighted by Crippen LogP contribution is -2.73. The number of hydrogen-bond donors (Lipinski definition) is 1. The van der Waals surface area contributed by atoms with Gasteiger partial charge in [-0.1, -0.05) is 72.8 Å². The number of thiophene rings is 1. The predicted octanol–water partition coefficient (Wildman–Crippen LogP) is 4.20. The number of ether oxygens (including phenoxy) is 1. The zero-order valence-corrected chi connectivity index (χ0v) is 21.2. The second kappa shape index (κ2) is 10.3. The van der Waals surface area contributed by atoms with Crippen LogP contribution in [0.4, 0.5) is 0 Å². The van der Waals surface area contributed by atoms with E-state index in [1.165, 1.54) is 23.1 Å². The molecule has 2 aliphatic rings. The fourth-order valence-corrected chi connectivity index (χ4v) is 6.76. The molecule has 2 amide bonds. The van der Waals surface area contributed by atoms with E-state index in [1.54, 1.807) is 11.0 Å². The minimum absolute atomic E-state index is 0.176. The molecule has 2 aromatic carbocycles. The van der Waals surface area contributed by atoms with Gasteiger partial charge in [0.15, 0.2) is 6.10 Å². The van der Waals surface area contributed by atoms with Crippen LogP contribution in [0.25, 0.3) is 0 Å². The molecule has 0 saturated carbocycles. The van der Waals surface area contributed by atoms with Crippen LogP contribution in [-0.2, 0) is 25.5 Å². The van der Waals surface area contributed by atoms with Gasteiger partial charge in [0.05, 0.1) is 6.42 Å². The molecule has 6 nitrogen and oxygen atoms in total. The number of rotatable bonds is 8. The first kappa shape index (κ1) is 24.3. The van der Waals surface area contributed by atoms with Gasteiger partial charge in [-0.15, -0.1) is 29.7 Å². The van der Waals surface area contributed by atoms with E-state index in [4.69, 9.17) is 4.74 Å². The van der Waals surface area contributed by atoms with Gasteiger partial charge in [-0.2, -0.15) is 0 Å². The average Bonchev–Trinajstić information content (AvgIpc) is 3.43. The number of benzene rings is 2. The van der Waals surface area contributed by atoms with Crippen molar-refractivity contribution in [3.63, 3.8) is 0 Å². The van der Waals surface area contributed by atoms with Gasteiger partial charge in [-0.25, -0.2) is 0 Å². The molecule has 0 radical (unpaired) electrons. The van der Waals surface area contributed by atoms with Crippen molar-refractivity contribution in [2.75, 3.05) is 12.3 Å². The molecule has 184 valence electrons. The molecule has 2 unspecified atom stereocenters. The van der Waals surface area contributed by atoms with Crippen molar-refractivity contribution in [2.24, 2.45) is 5.41 Å². The summed E-state index contributed by atoms with van der Waals surface area (Å²) >= 11 is 2.99. The summed E-state index contributed by atoms with van der Waals surface area (Å²) in [7, 11) is 0. The van der Waals surface area contributed by atoms with Crippen molar-refractivity contribution in [3.8, 4) is 0 Å². The summed E-state index contributed by atoms with van der Waals surface area (Å²) in [6.07, 6.45) is 1.28. The van der Waals surface area contributed by atoms with Crippen molar-refractivity contribution < 1.29 is 19.1 Å². The molecule has 2 fully saturated rings. The number of hydrogen-bond acceptors (Lipinski definition) is 6. The molecular weight excluding hydrogens is 492 g/mol. The smallest absolute Gasteiger partial charge is 0.319 e. The van der Waals surface area contributed by atoms with E-state index in [9.17, 15) is 14.4 Å². The summed E-state index contributed by atoms with van der Waals surface area (Å²) in [5, 5.41) is 4.58. The Balaban J connectivity index is 1.28. The van der Waals surface area contributed by atoms with Gasteiger partial charge in [-0.05, 0) is 22.6 Å². The minimum atomic E-state index is -1.04. The van der Waals surface area contributed by atoms with Crippen molar-refractivity contribution in [3.05, 3.63) is 107 Å². The highest BCUT2D eigenvalue weighted by atomic mass is 32.2. The first-order valence-corrected chi connectivity index (χ1v) is 13.6. The Morgan fingerprint density at radius 2 is 1.75 bits per heavy atom. The third-order valence-electron chi connectivity index (χ3n) is 6.56. The summed E-state index contributed by atoms with van der Waals surface area (Å²) in [4.78, 5) is 41.6. The lowest BCUT2D eigenvalue weighted by atomic mass is 9.87. The standard InChI is InChI=1S/C28H26N2O4S2/c1-2-28(27(33)34-24(19-10-5-3-6-11-19)20-12-7-4-8-13-20)17-30-25(32)23(26(30)36-18-28)29-22(31)16-21-14-9-15-35-21/h2-15,23-24,26H,1,16-18H2,(H,29,31)/t23?,26-,28?/m1/s1. The van der Waals surface area contributed by atoms with Crippen molar-refractivity contribution in [2.45, 2.75) is 23.9 Å². The molecular formula is C28H26N2O4S2. The van der Waals surface area contributed by atoms with E-state index < -0.39 is 23.5 Å². The number of nitrogens with zero attached hydrogens (tertiary/aromatic N) is 1. The lowest BCUT2D eigenvalue weighted by molar-refractivity contribution is -0.162. The Hall–Kier alpha value is -3.36. The van der Waals surface area contributed by atoms with Crippen LogP contribution >= 0.6 is 23.1 Å². The highest BCUT2D eigenvalue weighted by Crippen LogP contribution is 2.44. The summed E-state index contributed by atoms with van der Waals surface area (Å²) in [5.41, 5.74) is 0.696. The highest BCUT2D eigenvalue weighted by Gasteiger charge is 2.57. The fraction of sp³-hybridized carbons (Fsp3) is 0.250. The third kappa shape index (κ3) is 4.70. The number of thioether (sulfide) groups is 1. The third-order valence-corrected chi connectivity index (χ3v) is 8.99. The Labute approximate surface area is 218 Å². The zero-order valence-electron chi connectivity index (χ0n) is 19.5. The topological polar surface area (TPSA) is 75.7 Å². The van der Waals surface area contributed by atoms with E-state index in [0.717, 1.165) is 16.0 Å². The van der Waals surface area contributed by atoms with Crippen LogP contribution < -0.4 is 5.32 Å². The largest absolute Gasteiger partial charge is 0.452 e. The average molecular weight is 519 g/mol. The number of β-lactam (4-membered cyclic amide) rings is 1. The first-order chi connectivity index (χ1) is 17.5.